The second kappa shape index (κ2) is 7.13. The van der Waals surface area contributed by atoms with E-state index in [0.29, 0.717) is 12.6 Å². The van der Waals surface area contributed by atoms with E-state index in [4.69, 9.17) is 11.6 Å². The Morgan fingerprint density at radius 3 is 2.38 bits per heavy atom. The van der Waals surface area contributed by atoms with Gasteiger partial charge in [-0.2, -0.15) is 0 Å². The highest BCUT2D eigenvalue weighted by atomic mass is 35.5. The summed E-state index contributed by atoms with van der Waals surface area (Å²) in [7, 11) is 2.16. The van der Waals surface area contributed by atoms with Crippen LogP contribution in [0.5, 0.6) is 0 Å². The minimum Gasteiger partial charge on any atom is -0.396 e. The summed E-state index contributed by atoms with van der Waals surface area (Å²) >= 11 is 5.96. The Labute approximate surface area is 134 Å². The molecule has 1 aliphatic rings. The van der Waals surface area contributed by atoms with Crippen molar-refractivity contribution in [2.24, 2.45) is 11.3 Å². The van der Waals surface area contributed by atoms with Gasteiger partial charge in [0, 0.05) is 29.6 Å². The fraction of sp³-hybridized carbons (Fsp3) is 0.667. The smallest absolute Gasteiger partial charge is 0.0499 e. The largest absolute Gasteiger partial charge is 0.396 e. The Morgan fingerprint density at radius 2 is 1.86 bits per heavy atom. The van der Waals surface area contributed by atoms with Gasteiger partial charge in [-0.25, -0.2) is 0 Å². The zero-order valence-corrected chi connectivity index (χ0v) is 14.2. The average Bonchev–Trinajstić information content (AvgIpc) is 2.50. The molecule has 0 spiro atoms. The van der Waals surface area contributed by atoms with E-state index in [1.54, 1.807) is 0 Å². The van der Waals surface area contributed by atoms with Crippen molar-refractivity contribution >= 4 is 11.6 Å². The summed E-state index contributed by atoms with van der Waals surface area (Å²) in [5.74, 6) is 0.809. The van der Waals surface area contributed by atoms with Crippen LogP contribution in [0.3, 0.4) is 0 Å². The van der Waals surface area contributed by atoms with E-state index in [9.17, 15) is 5.11 Å². The number of hydrogen-bond donors (Lipinski definition) is 1. The molecule has 0 saturated heterocycles. The molecule has 2 nitrogen and oxygen atoms in total. The summed E-state index contributed by atoms with van der Waals surface area (Å²) in [6.45, 7) is 5.80. The van der Waals surface area contributed by atoms with Crippen LogP contribution < -0.4 is 0 Å². The second-order valence-corrected chi connectivity index (χ2v) is 7.42. The minimum absolute atomic E-state index is 0.0853. The van der Waals surface area contributed by atoms with Crippen molar-refractivity contribution in [1.29, 1.82) is 0 Å². The topological polar surface area (TPSA) is 23.5 Å². The van der Waals surface area contributed by atoms with Crippen molar-refractivity contribution in [3.63, 3.8) is 0 Å². The zero-order chi connectivity index (χ0) is 15.5. The lowest BCUT2D eigenvalue weighted by molar-refractivity contribution is 0.0267. The Bertz CT molecular complexity index is 437. The lowest BCUT2D eigenvalue weighted by atomic mass is 9.71. The zero-order valence-electron chi connectivity index (χ0n) is 13.5. The van der Waals surface area contributed by atoms with Gasteiger partial charge >= 0.3 is 0 Å². The van der Waals surface area contributed by atoms with Gasteiger partial charge in [-0.15, -0.1) is 0 Å². The molecule has 1 aliphatic carbocycles. The molecule has 1 atom stereocenters. The third-order valence-electron chi connectivity index (χ3n) is 5.27. The first kappa shape index (κ1) is 16.8. The molecule has 1 unspecified atom stereocenters. The summed E-state index contributed by atoms with van der Waals surface area (Å²) in [6.07, 6.45) is 4.76. The SMILES string of the molecule is CC1CCC(CO)(CN(C)C(C)c2ccc(Cl)cc2)CC1. The quantitative estimate of drug-likeness (QED) is 0.864. The first-order valence-corrected chi connectivity index (χ1v) is 8.40. The molecule has 0 heterocycles. The highest BCUT2D eigenvalue weighted by molar-refractivity contribution is 6.30. The predicted octanol–water partition coefficient (Wildman–Crippen LogP) is 4.52. The maximum Gasteiger partial charge on any atom is 0.0499 e. The number of hydrogen-bond acceptors (Lipinski definition) is 2. The summed E-state index contributed by atoms with van der Waals surface area (Å²) in [6, 6.07) is 8.43. The fourth-order valence-electron chi connectivity index (χ4n) is 3.40. The Morgan fingerprint density at radius 1 is 1.29 bits per heavy atom. The van der Waals surface area contributed by atoms with Crippen LogP contribution in [0, 0.1) is 11.3 Å². The Kier molecular flexibility index (Phi) is 5.70. The maximum absolute atomic E-state index is 9.92. The predicted molar refractivity (Wildman–Crippen MR) is 89.6 cm³/mol. The molecule has 3 heteroatoms. The van der Waals surface area contributed by atoms with Crippen molar-refractivity contribution in [2.75, 3.05) is 20.2 Å². The van der Waals surface area contributed by atoms with Crippen molar-refractivity contribution in [3.8, 4) is 0 Å². The number of aliphatic hydroxyl groups excluding tert-OH is 1. The van der Waals surface area contributed by atoms with Crippen LogP contribution in [0.4, 0.5) is 0 Å². The van der Waals surface area contributed by atoms with Crippen molar-refractivity contribution in [3.05, 3.63) is 34.9 Å². The highest BCUT2D eigenvalue weighted by Crippen LogP contribution is 2.40. The van der Waals surface area contributed by atoms with Crippen LogP contribution in [0.15, 0.2) is 24.3 Å². The Hall–Kier alpha value is -0.570. The Balaban J connectivity index is 2.01. The highest BCUT2D eigenvalue weighted by Gasteiger charge is 2.35. The second-order valence-electron chi connectivity index (χ2n) is 6.98. The van der Waals surface area contributed by atoms with Crippen molar-refractivity contribution < 1.29 is 5.11 Å². The summed E-state index contributed by atoms with van der Waals surface area (Å²) < 4.78 is 0. The van der Waals surface area contributed by atoms with E-state index in [-0.39, 0.29) is 5.41 Å². The van der Waals surface area contributed by atoms with E-state index < -0.39 is 0 Å². The molecule has 0 aliphatic heterocycles. The lowest BCUT2D eigenvalue weighted by Crippen LogP contribution is -2.41. The van der Waals surface area contributed by atoms with Gasteiger partial charge in [0.1, 0.15) is 0 Å². The van der Waals surface area contributed by atoms with Gasteiger partial charge < -0.3 is 5.11 Å². The summed E-state index contributed by atoms with van der Waals surface area (Å²) in [4.78, 5) is 2.37. The number of aliphatic hydroxyl groups is 1. The third-order valence-corrected chi connectivity index (χ3v) is 5.52. The van der Waals surface area contributed by atoms with Gasteiger partial charge in [0.2, 0.25) is 0 Å². The molecular weight excluding hydrogens is 282 g/mol. The molecule has 21 heavy (non-hydrogen) atoms. The molecule has 1 aromatic rings. The average molecular weight is 310 g/mol. The van der Waals surface area contributed by atoms with Crippen molar-refractivity contribution in [1.82, 2.24) is 4.90 Å². The molecule has 0 bridgehead atoms. The number of halogens is 1. The standard InChI is InChI=1S/C18H28ClNO/c1-14-8-10-18(13-21,11-9-14)12-20(3)15(2)16-4-6-17(19)7-5-16/h4-7,14-15,21H,8-13H2,1-3H3. The molecule has 0 aromatic heterocycles. The summed E-state index contributed by atoms with van der Waals surface area (Å²) in [5.41, 5.74) is 1.36. The van der Waals surface area contributed by atoms with Gasteiger partial charge in [0.25, 0.3) is 0 Å². The van der Waals surface area contributed by atoms with E-state index in [1.807, 2.05) is 12.1 Å². The molecule has 1 aromatic carbocycles. The first-order valence-electron chi connectivity index (χ1n) is 8.02. The monoisotopic (exact) mass is 309 g/mol. The molecule has 2 rings (SSSR count). The number of nitrogens with zero attached hydrogens (tertiary/aromatic N) is 1. The van der Waals surface area contributed by atoms with Gasteiger partial charge in [-0.05, 0) is 50.4 Å². The fourth-order valence-corrected chi connectivity index (χ4v) is 3.53. The molecule has 1 fully saturated rings. The van der Waals surface area contributed by atoms with Gasteiger partial charge in [0.05, 0.1) is 0 Å². The van der Waals surface area contributed by atoms with E-state index in [2.05, 4.69) is 37.9 Å². The van der Waals surface area contributed by atoms with Crippen LogP contribution >= 0.6 is 11.6 Å². The van der Waals surface area contributed by atoms with Crippen LogP contribution in [0.1, 0.15) is 51.1 Å². The van der Waals surface area contributed by atoms with Gasteiger partial charge in [-0.3, -0.25) is 4.90 Å². The summed E-state index contributed by atoms with van der Waals surface area (Å²) in [5, 5.41) is 10.7. The van der Waals surface area contributed by atoms with Crippen LogP contribution in [0.2, 0.25) is 5.02 Å². The van der Waals surface area contributed by atoms with Gasteiger partial charge in [0.15, 0.2) is 0 Å². The number of rotatable bonds is 5. The van der Waals surface area contributed by atoms with Crippen LogP contribution in [0.25, 0.3) is 0 Å². The normalized spacial score (nSPS) is 27.8. The molecule has 1 saturated carbocycles. The molecular formula is C18H28ClNO. The third kappa shape index (κ3) is 4.21. The van der Waals surface area contributed by atoms with Crippen LogP contribution in [-0.4, -0.2) is 30.2 Å². The van der Waals surface area contributed by atoms with E-state index in [1.165, 1.54) is 18.4 Å². The molecule has 0 amide bonds. The maximum atomic E-state index is 9.92. The molecule has 118 valence electrons. The van der Waals surface area contributed by atoms with Crippen LogP contribution in [-0.2, 0) is 0 Å². The van der Waals surface area contributed by atoms with Gasteiger partial charge in [-0.1, -0.05) is 43.5 Å². The van der Waals surface area contributed by atoms with E-state index >= 15 is 0 Å². The first-order chi connectivity index (χ1) is 9.96. The van der Waals surface area contributed by atoms with Crippen molar-refractivity contribution in [2.45, 2.75) is 45.6 Å². The number of benzene rings is 1. The lowest BCUT2D eigenvalue weighted by Gasteiger charge is -2.42. The minimum atomic E-state index is 0.0853. The molecule has 0 radical (unpaired) electrons. The molecule has 1 N–H and O–H groups in total. The van der Waals surface area contributed by atoms with E-state index in [0.717, 1.165) is 30.3 Å².